The first kappa shape index (κ1) is 17.5. The van der Waals surface area contributed by atoms with Gasteiger partial charge in [-0.25, -0.2) is 4.68 Å². The predicted octanol–water partition coefficient (Wildman–Crippen LogP) is 5.52. The zero-order valence-electron chi connectivity index (χ0n) is 16.7. The van der Waals surface area contributed by atoms with E-state index in [1.54, 1.807) is 17.7 Å². The first-order chi connectivity index (χ1) is 14.7. The maximum absolute atomic E-state index is 6.62. The summed E-state index contributed by atoms with van der Waals surface area (Å²) in [6.07, 6.45) is 1.42. The molecule has 0 saturated carbocycles. The molecule has 4 aromatic rings. The van der Waals surface area contributed by atoms with E-state index >= 15 is 0 Å². The summed E-state index contributed by atoms with van der Waals surface area (Å²) in [6.45, 7) is 4.21. The minimum Gasteiger partial charge on any atom is -0.480 e. The molecule has 0 amide bonds. The SMILES string of the molecule is Cc1ccc([C@H]2C3=C(Nc4ncnn42)c2cc(C)ccc2O[C@@H]3c2cccs2)cc1. The molecule has 2 aliphatic heterocycles. The van der Waals surface area contributed by atoms with Gasteiger partial charge in [-0.2, -0.15) is 10.1 Å². The van der Waals surface area contributed by atoms with Crippen molar-refractivity contribution >= 4 is 23.0 Å². The predicted molar refractivity (Wildman–Crippen MR) is 119 cm³/mol. The Morgan fingerprint density at radius 3 is 2.67 bits per heavy atom. The molecule has 6 heteroatoms. The van der Waals surface area contributed by atoms with Gasteiger partial charge in [-0.3, -0.25) is 0 Å². The van der Waals surface area contributed by atoms with Crippen molar-refractivity contribution in [2.45, 2.75) is 26.0 Å². The van der Waals surface area contributed by atoms with E-state index < -0.39 is 0 Å². The van der Waals surface area contributed by atoms with E-state index in [-0.39, 0.29) is 12.1 Å². The fourth-order valence-electron chi connectivity index (χ4n) is 4.33. The summed E-state index contributed by atoms with van der Waals surface area (Å²) < 4.78 is 8.59. The van der Waals surface area contributed by atoms with E-state index in [4.69, 9.17) is 4.74 Å². The molecule has 4 heterocycles. The van der Waals surface area contributed by atoms with Crippen molar-refractivity contribution in [3.63, 3.8) is 0 Å². The Bertz CT molecular complexity index is 1270. The standard InChI is InChI=1S/C24H20N4OS/c1-14-5-8-16(9-6-14)22-20-21(27-24-25-13-26-28(22)24)17-12-15(2)7-10-18(17)29-23(20)19-4-3-11-30-19/h3-13,22-23H,1-2H3,(H,25,26,27)/t22-,23+/m0/s1. The lowest BCUT2D eigenvalue weighted by atomic mass is 9.86. The van der Waals surface area contributed by atoms with Crippen molar-refractivity contribution in [1.29, 1.82) is 0 Å². The summed E-state index contributed by atoms with van der Waals surface area (Å²) in [4.78, 5) is 5.67. The lowest BCUT2D eigenvalue weighted by molar-refractivity contribution is 0.226. The molecule has 0 radical (unpaired) electrons. The van der Waals surface area contributed by atoms with Crippen LogP contribution in [0.2, 0.25) is 0 Å². The summed E-state index contributed by atoms with van der Waals surface area (Å²) >= 11 is 1.71. The summed E-state index contributed by atoms with van der Waals surface area (Å²) in [5.74, 6) is 1.64. The number of benzene rings is 2. The van der Waals surface area contributed by atoms with Crippen LogP contribution in [0.15, 0.2) is 71.9 Å². The third-order valence-corrected chi connectivity index (χ3v) is 6.68. The highest BCUT2D eigenvalue weighted by atomic mass is 32.1. The fraction of sp³-hybridized carbons (Fsp3) is 0.167. The number of hydrogen-bond donors (Lipinski definition) is 1. The number of ether oxygens (including phenoxy) is 1. The monoisotopic (exact) mass is 412 g/mol. The molecule has 1 N–H and O–H groups in total. The molecule has 2 aliphatic rings. The minimum absolute atomic E-state index is 0.0971. The van der Waals surface area contributed by atoms with Crippen molar-refractivity contribution in [2.24, 2.45) is 0 Å². The van der Waals surface area contributed by atoms with Crippen molar-refractivity contribution in [2.75, 3.05) is 5.32 Å². The number of rotatable bonds is 2. The van der Waals surface area contributed by atoms with E-state index in [9.17, 15) is 0 Å². The van der Waals surface area contributed by atoms with Gasteiger partial charge < -0.3 is 10.1 Å². The highest BCUT2D eigenvalue weighted by Crippen LogP contribution is 2.51. The largest absolute Gasteiger partial charge is 0.480 e. The Kier molecular flexibility index (Phi) is 3.83. The van der Waals surface area contributed by atoms with Crippen LogP contribution in [0, 0.1) is 13.8 Å². The van der Waals surface area contributed by atoms with Gasteiger partial charge in [0.25, 0.3) is 0 Å². The van der Waals surface area contributed by atoms with Gasteiger partial charge in [0, 0.05) is 16.0 Å². The van der Waals surface area contributed by atoms with Gasteiger partial charge in [0.2, 0.25) is 5.95 Å². The fourth-order valence-corrected chi connectivity index (χ4v) is 5.10. The molecule has 0 bridgehead atoms. The average molecular weight is 413 g/mol. The highest BCUT2D eigenvalue weighted by Gasteiger charge is 2.41. The molecule has 0 saturated heterocycles. The van der Waals surface area contributed by atoms with Gasteiger partial charge >= 0.3 is 0 Å². The van der Waals surface area contributed by atoms with Crippen LogP contribution in [0.5, 0.6) is 5.75 Å². The van der Waals surface area contributed by atoms with Crippen LogP contribution in [0.1, 0.15) is 39.3 Å². The number of aryl methyl sites for hydroxylation is 2. The molecule has 0 unspecified atom stereocenters. The van der Waals surface area contributed by atoms with E-state index in [0.717, 1.165) is 28.5 Å². The molecule has 5 nitrogen and oxygen atoms in total. The molecule has 6 rings (SSSR count). The molecule has 2 aromatic heterocycles. The molecule has 0 aliphatic carbocycles. The van der Waals surface area contributed by atoms with Crippen LogP contribution < -0.4 is 10.1 Å². The van der Waals surface area contributed by atoms with Gasteiger partial charge in [0.15, 0.2) is 6.10 Å². The Morgan fingerprint density at radius 1 is 1.03 bits per heavy atom. The van der Waals surface area contributed by atoms with Crippen molar-refractivity contribution in [3.8, 4) is 5.75 Å². The highest BCUT2D eigenvalue weighted by molar-refractivity contribution is 7.10. The second-order valence-electron chi connectivity index (χ2n) is 7.81. The van der Waals surface area contributed by atoms with Gasteiger partial charge in [-0.15, -0.1) is 11.3 Å². The van der Waals surface area contributed by atoms with Gasteiger partial charge in [-0.05, 0) is 43.0 Å². The molecule has 148 valence electrons. The second kappa shape index (κ2) is 6.57. The van der Waals surface area contributed by atoms with Crippen molar-refractivity contribution in [3.05, 3.63) is 99.0 Å². The zero-order chi connectivity index (χ0) is 20.2. The number of hydrogen-bond acceptors (Lipinski definition) is 5. The Hall–Kier alpha value is -3.38. The van der Waals surface area contributed by atoms with Crippen LogP contribution >= 0.6 is 11.3 Å². The molecular weight excluding hydrogens is 392 g/mol. The molecule has 0 fully saturated rings. The Balaban J connectivity index is 1.64. The third kappa shape index (κ3) is 2.60. The summed E-state index contributed by atoms with van der Waals surface area (Å²) in [6, 6.07) is 19.1. The van der Waals surface area contributed by atoms with Gasteiger partial charge in [-0.1, -0.05) is 47.5 Å². The van der Waals surface area contributed by atoms with Crippen LogP contribution in [-0.2, 0) is 0 Å². The van der Waals surface area contributed by atoms with E-state index in [1.165, 1.54) is 21.6 Å². The second-order valence-corrected chi connectivity index (χ2v) is 8.79. The van der Waals surface area contributed by atoms with Gasteiger partial charge in [0.1, 0.15) is 18.1 Å². The van der Waals surface area contributed by atoms with Crippen LogP contribution in [-0.4, -0.2) is 14.8 Å². The number of thiophene rings is 1. The number of anilines is 1. The topological polar surface area (TPSA) is 52.0 Å². The van der Waals surface area contributed by atoms with Crippen molar-refractivity contribution < 1.29 is 4.74 Å². The first-order valence-electron chi connectivity index (χ1n) is 9.97. The smallest absolute Gasteiger partial charge is 0.226 e. The first-order valence-corrected chi connectivity index (χ1v) is 10.9. The molecule has 0 spiro atoms. The Labute approximate surface area is 178 Å². The summed E-state index contributed by atoms with van der Waals surface area (Å²) in [5.41, 5.74) is 6.91. The summed E-state index contributed by atoms with van der Waals surface area (Å²) in [7, 11) is 0. The molecule has 2 atom stereocenters. The number of nitrogens with zero attached hydrogens (tertiary/aromatic N) is 3. The molecule has 30 heavy (non-hydrogen) atoms. The van der Waals surface area contributed by atoms with E-state index in [0.29, 0.717) is 0 Å². The normalized spacial score (nSPS) is 19.4. The van der Waals surface area contributed by atoms with Crippen LogP contribution in [0.4, 0.5) is 5.95 Å². The lowest BCUT2D eigenvalue weighted by Crippen LogP contribution is -2.32. The molecule has 2 aromatic carbocycles. The minimum atomic E-state index is -0.189. The van der Waals surface area contributed by atoms with E-state index in [1.807, 2.05) is 4.68 Å². The number of aromatic nitrogens is 3. The third-order valence-electron chi connectivity index (χ3n) is 5.76. The van der Waals surface area contributed by atoms with Crippen LogP contribution in [0.3, 0.4) is 0 Å². The average Bonchev–Trinajstić information content (AvgIpc) is 3.44. The Morgan fingerprint density at radius 2 is 1.87 bits per heavy atom. The zero-order valence-corrected chi connectivity index (χ0v) is 17.5. The summed E-state index contributed by atoms with van der Waals surface area (Å²) in [5, 5.41) is 10.2. The number of nitrogens with one attached hydrogen (secondary N) is 1. The maximum atomic E-state index is 6.62. The molecular formula is C24H20N4OS. The number of fused-ring (bicyclic) bond motifs is 3. The van der Waals surface area contributed by atoms with E-state index in [2.05, 4.69) is 89.2 Å². The van der Waals surface area contributed by atoms with Crippen molar-refractivity contribution in [1.82, 2.24) is 14.8 Å². The van der Waals surface area contributed by atoms with Gasteiger partial charge in [0.05, 0.1) is 5.70 Å². The quantitative estimate of drug-likeness (QED) is 0.471. The van der Waals surface area contributed by atoms with Crippen LogP contribution in [0.25, 0.3) is 5.70 Å². The lowest BCUT2D eigenvalue weighted by Gasteiger charge is -2.38. The maximum Gasteiger partial charge on any atom is 0.226 e.